The number of carbonyl (C=O) groups is 2. The Morgan fingerprint density at radius 3 is 2.18 bits per heavy atom. The number of ether oxygens (including phenoxy) is 1. The number of aryl methyl sites for hydroxylation is 2. The van der Waals surface area contributed by atoms with Crippen molar-refractivity contribution in [1.82, 2.24) is 4.90 Å². The third-order valence-corrected chi connectivity index (χ3v) is 7.90. The Bertz CT molecular complexity index is 1090. The molecular weight excluding hydrogens is 464 g/mol. The number of piperidine rings is 1. The highest BCUT2D eigenvalue weighted by Crippen LogP contribution is 2.27. The Kier molecular flexibility index (Phi) is 8.02. The van der Waals surface area contributed by atoms with Gasteiger partial charge in [-0.05, 0) is 74.2 Å². The van der Waals surface area contributed by atoms with Crippen molar-refractivity contribution in [3.63, 3.8) is 0 Å². The van der Waals surface area contributed by atoms with Crippen LogP contribution in [0.2, 0.25) is 5.02 Å². The number of halogens is 1. The van der Waals surface area contributed by atoms with Crippen LogP contribution in [0.1, 0.15) is 30.4 Å². The lowest BCUT2D eigenvalue weighted by molar-refractivity contribution is -0.148. The molecule has 0 aliphatic carbocycles. The number of sulfonamides is 1. The number of rotatable bonds is 7. The standard InChI is InChI=1S/C24H29ClN2O5S/c1-17-14-18(2)16-21(15-17)27(33(30,31)22-6-4-20(25)5-7-22)13-10-23(28)26-11-8-19(9-12-26)24(29)32-3/h4-7,14-16,19H,8-13H2,1-3H3. The molecular formula is C24H29ClN2O5S. The Labute approximate surface area is 200 Å². The van der Waals surface area contributed by atoms with E-state index in [2.05, 4.69) is 0 Å². The molecule has 3 rings (SSSR count). The van der Waals surface area contributed by atoms with Crippen molar-refractivity contribution in [3.05, 3.63) is 58.6 Å². The summed E-state index contributed by atoms with van der Waals surface area (Å²) in [4.78, 5) is 26.4. The van der Waals surface area contributed by atoms with Crippen LogP contribution in [0.15, 0.2) is 47.4 Å². The van der Waals surface area contributed by atoms with Gasteiger partial charge >= 0.3 is 5.97 Å². The van der Waals surface area contributed by atoms with Gasteiger partial charge in [0.25, 0.3) is 10.0 Å². The van der Waals surface area contributed by atoms with Crippen molar-refractivity contribution >= 4 is 39.2 Å². The predicted octanol–water partition coefficient (Wildman–Crippen LogP) is 3.95. The zero-order valence-electron chi connectivity index (χ0n) is 19.1. The molecule has 0 unspecified atom stereocenters. The molecule has 1 heterocycles. The second kappa shape index (κ2) is 10.6. The fourth-order valence-electron chi connectivity index (χ4n) is 4.10. The number of carbonyl (C=O) groups excluding carboxylic acids is 2. The van der Waals surface area contributed by atoms with E-state index in [-0.39, 0.29) is 35.7 Å². The van der Waals surface area contributed by atoms with E-state index in [0.717, 1.165) is 11.1 Å². The van der Waals surface area contributed by atoms with E-state index in [1.54, 1.807) is 17.0 Å². The minimum absolute atomic E-state index is 0.00359. The largest absolute Gasteiger partial charge is 0.469 e. The first-order valence-electron chi connectivity index (χ1n) is 10.8. The fourth-order valence-corrected chi connectivity index (χ4v) is 5.68. The molecule has 0 N–H and O–H groups in total. The quantitative estimate of drug-likeness (QED) is 0.546. The number of likely N-dealkylation sites (tertiary alicyclic amines) is 1. The Hall–Kier alpha value is -2.58. The smallest absolute Gasteiger partial charge is 0.308 e. The second-order valence-electron chi connectivity index (χ2n) is 8.31. The van der Waals surface area contributed by atoms with E-state index >= 15 is 0 Å². The zero-order valence-corrected chi connectivity index (χ0v) is 20.7. The highest BCUT2D eigenvalue weighted by molar-refractivity contribution is 7.92. The molecule has 2 aromatic rings. The van der Waals surface area contributed by atoms with Crippen LogP contribution in [0.4, 0.5) is 5.69 Å². The molecule has 7 nitrogen and oxygen atoms in total. The Balaban J connectivity index is 1.80. The van der Waals surface area contributed by atoms with E-state index in [0.29, 0.717) is 36.6 Å². The molecule has 9 heteroatoms. The van der Waals surface area contributed by atoms with E-state index < -0.39 is 10.0 Å². The van der Waals surface area contributed by atoms with Crippen molar-refractivity contribution in [2.45, 2.75) is 38.0 Å². The zero-order chi connectivity index (χ0) is 24.2. The lowest BCUT2D eigenvalue weighted by Crippen LogP contribution is -2.42. The monoisotopic (exact) mass is 492 g/mol. The summed E-state index contributed by atoms with van der Waals surface area (Å²) in [6.07, 6.45) is 1.12. The highest BCUT2D eigenvalue weighted by atomic mass is 35.5. The van der Waals surface area contributed by atoms with E-state index in [1.165, 1.54) is 35.7 Å². The molecule has 0 spiro atoms. The number of hydrogen-bond acceptors (Lipinski definition) is 5. The molecule has 1 fully saturated rings. The van der Waals surface area contributed by atoms with E-state index in [9.17, 15) is 18.0 Å². The normalized spacial score (nSPS) is 14.7. The van der Waals surface area contributed by atoms with E-state index in [4.69, 9.17) is 16.3 Å². The number of methoxy groups -OCH3 is 1. The summed E-state index contributed by atoms with van der Waals surface area (Å²) in [5, 5.41) is 0.442. The third kappa shape index (κ3) is 6.06. The fraction of sp³-hybridized carbons (Fsp3) is 0.417. The topological polar surface area (TPSA) is 84.0 Å². The van der Waals surface area contributed by atoms with Crippen LogP contribution in [0.5, 0.6) is 0 Å². The van der Waals surface area contributed by atoms with E-state index in [1.807, 2.05) is 19.9 Å². The first kappa shape index (κ1) is 25.1. The van der Waals surface area contributed by atoms with Crippen LogP contribution < -0.4 is 4.31 Å². The molecule has 1 saturated heterocycles. The number of anilines is 1. The maximum absolute atomic E-state index is 13.5. The Morgan fingerprint density at radius 1 is 1.06 bits per heavy atom. The lowest BCUT2D eigenvalue weighted by Gasteiger charge is -2.32. The maximum atomic E-state index is 13.5. The Morgan fingerprint density at radius 2 is 1.64 bits per heavy atom. The average molecular weight is 493 g/mol. The molecule has 33 heavy (non-hydrogen) atoms. The van der Waals surface area contributed by atoms with Crippen LogP contribution in [-0.2, 0) is 24.3 Å². The molecule has 2 aromatic carbocycles. The minimum Gasteiger partial charge on any atom is -0.469 e. The summed E-state index contributed by atoms with van der Waals surface area (Å²) >= 11 is 5.94. The van der Waals surface area contributed by atoms with Gasteiger partial charge in [0.2, 0.25) is 5.91 Å². The summed E-state index contributed by atoms with van der Waals surface area (Å²) in [6.45, 7) is 4.71. The van der Waals surface area contributed by atoms with Crippen molar-refractivity contribution in [2.24, 2.45) is 5.92 Å². The molecule has 1 amide bonds. The molecule has 1 aliphatic heterocycles. The van der Waals surface area contributed by atoms with Gasteiger partial charge in [-0.2, -0.15) is 0 Å². The first-order valence-corrected chi connectivity index (χ1v) is 12.7. The molecule has 178 valence electrons. The highest BCUT2D eigenvalue weighted by Gasteiger charge is 2.30. The summed E-state index contributed by atoms with van der Waals surface area (Å²) in [5.41, 5.74) is 2.37. The third-order valence-electron chi connectivity index (χ3n) is 5.81. The first-order chi connectivity index (χ1) is 15.6. The van der Waals surface area contributed by atoms with Crippen molar-refractivity contribution < 1.29 is 22.7 Å². The minimum atomic E-state index is -3.91. The van der Waals surface area contributed by atoms with Gasteiger partial charge in [-0.15, -0.1) is 0 Å². The SMILES string of the molecule is COC(=O)C1CCN(C(=O)CCN(c2cc(C)cc(C)c2)S(=O)(=O)c2ccc(Cl)cc2)CC1. The van der Waals surface area contributed by atoms with Gasteiger partial charge < -0.3 is 9.64 Å². The lowest BCUT2D eigenvalue weighted by atomic mass is 9.97. The predicted molar refractivity (Wildman–Crippen MR) is 128 cm³/mol. The maximum Gasteiger partial charge on any atom is 0.308 e. The van der Waals surface area contributed by atoms with Crippen LogP contribution >= 0.6 is 11.6 Å². The van der Waals surface area contributed by atoms with Gasteiger partial charge in [-0.1, -0.05) is 17.7 Å². The number of hydrogen-bond donors (Lipinski definition) is 0. The van der Waals surface area contributed by atoms with Crippen LogP contribution in [0, 0.1) is 19.8 Å². The summed E-state index contributed by atoms with van der Waals surface area (Å²) in [6, 6.07) is 11.6. The van der Waals surface area contributed by atoms with Crippen molar-refractivity contribution in [2.75, 3.05) is 31.0 Å². The number of amides is 1. The van der Waals surface area contributed by atoms with Crippen LogP contribution in [0.3, 0.4) is 0 Å². The molecule has 0 atom stereocenters. The summed E-state index contributed by atoms with van der Waals surface area (Å²) in [5.74, 6) is -0.591. The second-order valence-corrected chi connectivity index (χ2v) is 10.6. The number of benzene rings is 2. The van der Waals surface area contributed by atoms with Crippen molar-refractivity contribution in [1.29, 1.82) is 0 Å². The molecule has 0 radical (unpaired) electrons. The van der Waals surface area contributed by atoms with Crippen LogP contribution in [-0.4, -0.2) is 51.9 Å². The van der Waals surface area contributed by atoms with Gasteiger partial charge in [0.1, 0.15) is 0 Å². The molecule has 1 aliphatic rings. The average Bonchev–Trinajstić information content (AvgIpc) is 2.78. The number of nitrogens with zero attached hydrogens (tertiary/aromatic N) is 2. The van der Waals surface area contributed by atoms with Gasteiger partial charge in [0.05, 0.1) is 23.6 Å². The number of esters is 1. The van der Waals surface area contributed by atoms with Gasteiger partial charge in [-0.25, -0.2) is 8.42 Å². The summed E-state index contributed by atoms with van der Waals surface area (Å²) < 4.78 is 33.1. The molecule has 0 saturated carbocycles. The van der Waals surface area contributed by atoms with Gasteiger partial charge in [0, 0.05) is 31.1 Å². The van der Waals surface area contributed by atoms with Crippen molar-refractivity contribution in [3.8, 4) is 0 Å². The van der Waals surface area contributed by atoms with Crippen LogP contribution in [0.25, 0.3) is 0 Å². The van der Waals surface area contributed by atoms with Gasteiger partial charge in [0.15, 0.2) is 0 Å². The summed E-state index contributed by atoms with van der Waals surface area (Å²) in [7, 11) is -2.55. The molecule has 0 bridgehead atoms. The molecule has 0 aromatic heterocycles. The van der Waals surface area contributed by atoms with Gasteiger partial charge in [-0.3, -0.25) is 13.9 Å².